The summed E-state index contributed by atoms with van der Waals surface area (Å²) in [5.74, 6) is 0. The van der Waals surface area contributed by atoms with E-state index in [1.54, 1.807) is 20.8 Å². The molecule has 0 aromatic heterocycles. The van der Waals surface area contributed by atoms with Gasteiger partial charge < -0.3 is 4.74 Å². The fourth-order valence-electron chi connectivity index (χ4n) is 1.44. The first-order valence-corrected chi connectivity index (χ1v) is 5.81. The van der Waals surface area contributed by atoms with E-state index in [0.717, 1.165) is 4.90 Å². The molecule has 0 spiro atoms. The SMILES string of the molecule is CN(C(=O)OC(C)(C)C)c1cc(C#N)ccc1[N+](=O)[O-]. The Balaban J connectivity index is 3.20. The van der Waals surface area contributed by atoms with Crippen molar-refractivity contribution in [1.82, 2.24) is 0 Å². The highest BCUT2D eigenvalue weighted by Crippen LogP contribution is 2.29. The van der Waals surface area contributed by atoms with Crippen LogP contribution in [0.15, 0.2) is 18.2 Å². The lowest BCUT2D eigenvalue weighted by Gasteiger charge is -2.24. The van der Waals surface area contributed by atoms with Crippen LogP contribution < -0.4 is 4.90 Å². The Kier molecular flexibility index (Phi) is 4.30. The number of hydrogen-bond donors (Lipinski definition) is 0. The molecule has 0 unspecified atom stereocenters. The predicted octanol–water partition coefficient (Wildman–Crippen LogP) is 2.84. The van der Waals surface area contributed by atoms with Crippen molar-refractivity contribution >= 4 is 17.5 Å². The quantitative estimate of drug-likeness (QED) is 0.611. The lowest BCUT2D eigenvalue weighted by atomic mass is 10.1. The van der Waals surface area contributed by atoms with E-state index < -0.39 is 16.6 Å². The maximum atomic E-state index is 11.9. The number of nitrogens with zero attached hydrogens (tertiary/aromatic N) is 3. The molecule has 0 radical (unpaired) electrons. The number of nitro groups is 1. The number of carbonyl (C=O) groups is 1. The minimum atomic E-state index is -0.726. The molecule has 0 aliphatic rings. The molecular formula is C13H15N3O4. The molecule has 0 N–H and O–H groups in total. The molecule has 20 heavy (non-hydrogen) atoms. The Morgan fingerprint density at radius 1 is 1.45 bits per heavy atom. The van der Waals surface area contributed by atoms with Crippen molar-refractivity contribution in [3.63, 3.8) is 0 Å². The standard InChI is InChI=1S/C13H15N3O4/c1-13(2,3)20-12(17)15(4)11-7-9(8-14)5-6-10(11)16(18)19/h5-7H,1-4H3. The third-order valence-electron chi connectivity index (χ3n) is 2.33. The summed E-state index contributed by atoms with van der Waals surface area (Å²) in [6.45, 7) is 5.08. The molecule has 1 amide bonds. The van der Waals surface area contributed by atoms with Crippen molar-refractivity contribution in [3.05, 3.63) is 33.9 Å². The van der Waals surface area contributed by atoms with Crippen LogP contribution in [-0.2, 0) is 4.74 Å². The molecule has 106 valence electrons. The van der Waals surface area contributed by atoms with E-state index in [1.807, 2.05) is 6.07 Å². The summed E-state index contributed by atoms with van der Waals surface area (Å²) in [4.78, 5) is 23.3. The second kappa shape index (κ2) is 5.57. The van der Waals surface area contributed by atoms with Gasteiger partial charge in [0.1, 0.15) is 11.3 Å². The Bertz CT molecular complexity index is 584. The number of hydrogen-bond acceptors (Lipinski definition) is 5. The van der Waals surface area contributed by atoms with E-state index >= 15 is 0 Å². The number of ether oxygens (including phenoxy) is 1. The molecule has 1 rings (SSSR count). The maximum absolute atomic E-state index is 11.9. The predicted molar refractivity (Wildman–Crippen MR) is 72.4 cm³/mol. The van der Waals surface area contributed by atoms with Crippen molar-refractivity contribution in [2.45, 2.75) is 26.4 Å². The molecule has 0 heterocycles. The summed E-state index contributed by atoms with van der Waals surface area (Å²) < 4.78 is 5.14. The molecule has 0 atom stereocenters. The number of anilines is 1. The first-order valence-electron chi connectivity index (χ1n) is 5.81. The summed E-state index contributed by atoms with van der Waals surface area (Å²) in [6, 6.07) is 5.67. The molecule has 0 saturated heterocycles. The average molecular weight is 277 g/mol. The average Bonchev–Trinajstić information content (AvgIpc) is 2.34. The minimum Gasteiger partial charge on any atom is -0.443 e. The summed E-state index contributed by atoms with van der Waals surface area (Å²) in [5.41, 5.74) is -0.742. The van der Waals surface area contributed by atoms with Gasteiger partial charge in [-0.15, -0.1) is 0 Å². The normalized spacial score (nSPS) is 10.6. The van der Waals surface area contributed by atoms with Crippen LogP contribution in [0, 0.1) is 21.4 Å². The number of nitriles is 1. The molecule has 0 fully saturated rings. The van der Waals surface area contributed by atoms with Gasteiger partial charge in [0.15, 0.2) is 0 Å². The Labute approximate surface area is 116 Å². The second-order valence-electron chi connectivity index (χ2n) is 5.11. The number of carbonyl (C=O) groups excluding carboxylic acids is 1. The van der Waals surface area contributed by atoms with Gasteiger partial charge in [-0.2, -0.15) is 5.26 Å². The Hall–Kier alpha value is -2.62. The summed E-state index contributed by atoms with van der Waals surface area (Å²) >= 11 is 0. The molecular weight excluding hydrogens is 262 g/mol. The van der Waals surface area contributed by atoms with Crippen LogP contribution in [-0.4, -0.2) is 23.7 Å². The van der Waals surface area contributed by atoms with Crippen LogP contribution in [0.25, 0.3) is 0 Å². The van der Waals surface area contributed by atoms with E-state index in [-0.39, 0.29) is 16.9 Å². The fourth-order valence-corrected chi connectivity index (χ4v) is 1.44. The second-order valence-corrected chi connectivity index (χ2v) is 5.11. The van der Waals surface area contributed by atoms with Crippen LogP contribution in [0.1, 0.15) is 26.3 Å². The lowest BCUT2D eigenvalue weighted by Crippen LogP contribution is -2.34. The van der Waals surface area contributed by atoms with Crippen LogP contribution in [0.3, 0.4) is 0 Å². The molecule has 0 saturated carbocycles. The summed E-state index contributed by atoms with van der Waals surface area (Å²) in [6.07, 6.45) is -0.726. The molecule has 7 nitrogen and oxygen atoms in total. The molecule has 1 aromatic rings. The first-order chi connectivity index (χ1) is 9.15. The Morgan fingerprint density at radius 3 is 2.50 bits per heavy atom. The van der Waals surface area contributed by atoms with E-state index in [4.69, 9.17) is 10.00 Å². The zero-order valence-electron chi connectivity index (χ0n) is 11.7. The van der Waals surface area contributed by atoms with Crippen molar-refractivity contribution in [1.29, 1.82) is 5.26 Å². The molecule has 1 aromatic carbocycles. The number of nitro benzene ring substituents is 1. The van der Waals surface area contributed by atoms with Gasteiger partial charge in [0.25, 0.3) is 5.69 Å². The highest BCUT2D eigenvalue weighted by atomic mass is 16.6. The zero-order chi connectivity index (χ0) is 15.5. The largest absolute Gasteiger partial charge is 0.443 e. The van der Waals surface area contributed by atoms with Crippen molar-refractivity contribution in [2.24, 2.45) is 0 Å². The summed E-state index contributed by atoms with van der Waals surface area (Å²) in [7, 11) is 1.36. The summed E-state index contributed by atoms with van der Waals surface area (Å²) in [5, 5.41) is 19.8. The maximum Gasteiger partial charge on any atom is 0.414 e. The first kappa shape index (κ1) is 15.4. The third kappa shape index (κ3) is 3.68. The van der Waals surface area contributed by atoms with Crippen LogP contribution >= 0.6 is 0 Å². The minimum absolute atomic E-state index is 0.0169. The van der Waals surface area contributed by atoms with Crippen molar-refractivity contribution < 1.29 is 14.5 Å². The van der Waals surface area contributed by atoms with Crippen LogP contribution in [0.5, 0.6) is 0 Å². The lowest BCUT2D eigenvalue weighted by molar-refractivity contribution is -0.384. The molecule has 0 bridgehead atoms. The van der Waals surface area contributed by atoms with Gasteiger partial charge in [-0.1, -0.05) is 0 Å². The monoisotopic (exact) mass is 277 g/mol. The van der Waals surface area contributed by atoms with Gasteiger partial charge in [0.05, 0.1) is 16.6 Å². The van der Waals surface area contributed by atoms with Crippen LogP contribution in [0.4, 0.5) is 16.2 Å². The van der Waals surface area contributed by atoms with Crippen molar-refractivity contribution in [2.75, 3.05) is 11.9 Å². The van der Waals surface area contributed by atoms with Gasteiger partial charge in [-0.3, -0.25) is 15.0 Å². The Morgan fingerprint density at radius 2 is 2.05 bits per heavy atom. The topological polar surface area (TPSA) is 96.5 Å². The van der Waals surface area contributed by atoms with Gasteiger partial charge in [-0.05, 0) is 32.9 Å². The highest BCUT2D eigenvalue weighted by Gasteiger charge is 2.26. The number of benzene rings is 1. The van der Waals surface area contributed by atoms with Crippen LogP contribution in [0.2, 0.25) is 0 Å². The highest BCUT2D eigenvalue weighted by molar-refractivity contribution is 5.90. The third-order valence-corrected chi connectivity index (χ3v) is 2.33. The fraction of sp³-hybridized carbons (Fsp3) is 0.385. The van der Waals surface area contributed by atoms with E-state index in [1.165, 1.54) is 25.2 Å². The van der Waals surface area contributed by atoms with Gasteiger partial charge in [-0.25, -0.2) is 4.79 Å². The molecule has 0 aliphatic carbocycles. The smallest absolute Gasteiger partial charge is 0.414 e. The van der Waals surface area contributed by atoms with Gasteiger partial charge in [0, 0.05) is 13.1 Å². The van der Waals surface area contributed by atoms with Gasteiger partial charge in [0.2, 0.25) is 0 Å². The van der Waals surface area contributed by atoms with Crippen molar-refractivity contribution in [3.8, 4) is 6.07 Å². The number of amides is 1. The van der Waals surface area contributed by atoms with Gasteiger partial charge >= 0.3 is 6.09 Å². The molecule has 0 aliphatic heterocycles. The number of rotatable bonds is 2. The zero-order valence-corrected chi connectivity index (χ0v) is 11.7. The van der Waals surface area contributed by atoms with E-state index in [9.17, 15) is 14.9 Å². The molecule has 7 heteroatoms. The van der Waals surface area contributed by atoms with E-state index in [2.05, 4.69) is 0 Å². The van der Waals surface area contributed by atoms with E-state index in [0.29, 0.717) is 0 Å².